The van der Waals surface area contributed by atoms with Gasteiger partial charge < -0.3 is 10.1 Å². The normalized spacial score (nSPS) is 10.4. The van der Waals surface area contributed by atoms with Gasteiger partial charge in [-0.2, -0.15) is 4.68 Å². The van der Waals surface area contributed by atoms with Crippen LogP contribution in [0.1, 0.15) is 21.5 Å². The van der Waals surface area contributed by atoms with E-state index in [1.807, 2.05) is 19.1 Å². The molecule has 0 atom stereocenters. The second kappa shape index (κ2) is 5.01. The summed E-state index contributed by atoms with van der Waals surface area (Å²) in [5, 5.41) is 14.5. The van der Waals surface area contributed by atoms with Gasteiger partial charge in [-0.1, -0.05) is 24.3 Å². The molecule has 0 spiro atoms. The highest BCUT2D eigenvalue weighted by Gasteiger charge is 2.19. The Morgan fingerprint density at radius 1 is 1.32 bits per heavy atom. The topological polar surface area (TPSA) is 78.0 Å². The number of nitrogens with zero attached hydrogens (tertiary/aromatic N) is 3. The molecule has 2 aromatic rings. The Hall–Kier alpha value is -2.50. The Bertz CT molecular complexity index is 646. The number of carbonyl (C=O) groups excluding carboxylic acids is 1. The number of hydrogen-bond donors (Lipinski definition) is 0. The van der Waals surface area contributed by atoms with Crippen molar-refractivity contribution >= 4 is 11.6 Å². The molecule has 98 valence electrons. The number of aromatic nitrogens is 2. The van der Waals surface area contributed by atoms with Gasteiger partial charge in [0.1, 0.15) is 6.54 Å². The Morgan fingerprint density at radius 3 is 2.58 bits per heavy atom. The first kappa shape index (κ1) is 12.9. The molecule has 0 aliphatic carbocycles. The van der Waals surface area contributed by atoms with Crippen LogP contribution in [0, 0.1) is 24.0 Å². The second-order valence-electron chi connectivity index (χ2n) is 4.33. The van der Waals surface area contributed by atoms with Crippen LogP contribution in [0.15, 0.2) is 30.5 Å². The smallest absolute Gasteiger partial charge is 0.358 e. The molecule has 0 saturated carbocycles. The molecular weight excluding hydrogens is 246 g/mol. The van der Waals surface area contributed by atoms with Gasteiger partial charge in [0, 0.05) is 5.56 Å². The highest BCUT2D eigenvalue weighted by atomic mass is 16.6. The summed E-state index contributed by atoms with van der Waals surface area (Å²) < 4.78 is 1.31. The lowest BCUT2D eigenvalue weighted by molar-refractivity contribution is -0.390. The van der Waals surface area contributed by atoms with Crippen molar-refractivity contribution < 1.29 is 9.72 Å². The van der Waals surface area contributed by atoms with Crippen LogP contribution < -0.4 is 0 Å². The van der Waals surface area contributed by atoms with Crippen molar-refractivity contribution in [1.29, 1.82) is 0 Å². The standard InChI is InChI=1S/C13H13N3O3/c1-9-5-3-4-6-11(9)12(17)8-15-7-10(2)13(14-15)16(18)19/h3-7H,8H2,1-2H3. The van der Waals surface area contributed by atoms with Gasteiger partial charge in [-0.25, -0.2) is 0 Å². The van der Waals surface area contributed by atoms with E-state index >= 15 is 0 Å². The molecule has 0 aliphatic heterocycles. The largest absolute Gasteiger partial charge is 0.392 e. The molecule has 0 radical (unpaired) electrons. The van der Waals surface area contributed by atoms with Gasteiger partial charge in [0.15, 0.2) is 5.78 Å². The predicted octanol–water partition coefficient (Wildman–Crippen LogP) is 2.29. The van der Waals surface area contributed by atoms with Crippen LogP contribution >= 0.6 is 0 Å². The van der Waals surface area contributed by atoms with Gasteiger partial charge in [0.2, 0.25) is 0 Å². The van der Waals surface area contributed by atoms with Crippen LogP contribution in [0.4, 0.5) is 5.82 Å². The average molecular weight is 259 g/mol. The van der Waals surface area contributed by atoms with Gasteiger partial charge in [0.25, 0.3) is 0 Å². The molecule has 1 heterocycles. The summed E-state index contributed by atoms with van der Waals surface area (Å²) in [5.41, 5.74) is 1.94. The fraction of sp³-hybridized carbons (Fsp3) is 0.231. The molecule has 0 unspecified atom stereocenters. The number of nitro groups is 1. The number of benzene rings is 1. The molecule has 0 amide bonds. The third-order valence-corrected chi connectivity index (χ3v) is 2.84. The van der Waals surface area contributed by atoms with E-state index in [1.54, 1.807) is 19.1 Å². The van der Waals surface area contributed by atoms with Crippen LogP contribution in [0.3, 0.4) is 0 Å². The molecule has 0 aliphatic rings. The van der Waals surface area contributed by atoms with Gasteiger partial charge in [-0.3, -0.25) is 4.79 Å². The number of rotatable bonds is 4. The predicted molar refractivity (Wildman–Crippen MR) is 69.1 cm³/mol. The molecule has 6 nitrogen and oxygen atoms in total. The van der Waals surface area contributed by atoms with Gasteiger partial charge >= 0.3 is 5.82 Å². The Labute approximate surface area is 109 Å². The summed E-state index contributed by atoms with van der Waals surface area (Å²) >= 11 is 0. The van der Waals surface area contributed by atoms with E-state index in [4.69, 9.17) is 0 Å². The van der Waals surface area contributed by atoms with E-state index in [0.29, 0.717) is 11.1 Å². The van der Waals surface area contributed by atoms with Crippen LogP contribution in [-0.4, -0.2) is 20.5 Å². The minimum atomic E-state index is -0.552. The lowest BCUT2D eigenvalue weighted by atomic mass is 10.1. The summed E-state index contributed by atoms with van der Waals surface area (Å²) in [6.07, 6.45) is 1.51. The zero-order chi connectivity index (χ0) is 14.0. The maximum absolute atomic E-state index is 12.1. The fourth-order valence-electron chi connectivity index (χ4n) is 1.89. The Balaban J connectivity index is 2.22. The van der Waals surface area contributed by atoms with Crippen LogP contribution in [0.2, 0.25) is 0 Å². The molecular formula is C13H13N3O3. The summed E-state index contributed by atoms with van der Waals surface area (Å²) in [4.78, 5) is 22.2. The third-order valence-electron chi connectivity index (χ3n) is 2.84. The summed E-state index contributed by atoms with van der Waals surface area (Å²) in [6.45, 7) is 3.45. The van der Waals surface area contributed by atoms with Crippen molar-refractivity contribution in [1.82, 2.24) is 9.78 Å². The van der Waals surface area contributed by atoms with Crippen LogP contribution in [-0.2, 0) is 6.54 Å². The molecule has 6 heteroatoms. The van der Waals surface area contributed by atoms with E-state index in [1.165, 1.54) is 10.9 Å². The van der Waals surface area contributed by atoms with Gasteiger partial charge in [-0.15, -0.1) is 0 Å². The van der Waals surface area contributed by atoms with Gasteiger partial charge in [-0.05, 0) is 24.3 Å². The molecule has 0 fully saturated rings. The van der Waals surface area contributed by atoms with Crippen molar-refractivity contribution in [2.45, 2.75) is 20.4 Å². The molecule has 1 aromatic heterocycles. The zero-order valence-corrected chi connectivity index (χ0v) is 10.7. The molecule has 0 N–H and O–H groups in total. The van der Waals surface area contributed by atoms with E-state index in [9.17, 15) is 14.9 Å². The molecule has 0 bridgehead atoms. The minimum Gasteiger partial charge on any atom is -0.358 e. The summed E-state index contributed by atoms with van der Waals surface area (Å²) in [5.74, 6) is -0.326. The van der Waals surface area contributed by atoms with Crippen LogP contribution in [0.25, 0.3) is 0 Å². The maximum atomic E-state index is 12.1. The SMILES string of the molecule is Cc1ccccc1C(=O)Cn1cc(C)c([N+](=O)[O-])n1. The Morgan fingerprint density at radius 2 is 2.00 bits per heavy atom. The fourth-order valence-corrected chi connectivity index (χ4v) is 1.89. The number of Topliss-reactive ketones (excluding diaryl/α,β-unsaturated/α-hetero) is 1. The van der Waals surface area contributed by atoms with Crippen molar-refractivity contribution in [3.63, 3.8) is 0 Å². The number of aryl methyl sites for hydroxylation is 2. The van der Waals surface area contributed by atoms with E-state index in [0.717, 1.165) is 5.56 Å². The third kappa shape index (κ3) is 2.67. The van der Waals surface area contributed by atoms with E-state index in [-0.39, 0.29) is 18.1 Å². The molecule has 2 rings (SSSR count). The van der Waals surface area contributed by atoms with Crippen LogP contribution in [0.5, 0.6) is 0 Å². The first-order valence-electron chi connectivity index (χ1n) is 5.76. The molecule has 1 aromatic carbocycles. The number of hydrogen-bond acceptors (Lipinski definition) is 4. The molecule has 0 saturated heterocycles. The average Bonchev–Trinajstić information content (AvgIpc) is 2.70. The Kier molecular flexibility index (Phi) is 3.41. The van der Waals surface area contributed by atoms with E-state index < -0.39 is 4.92 Å². The van der Waals surface area contributed by atoms with E-state index in [2.05, 4.69) is 5.10 Å². The first-order chi connectivity index (χ1) is 8.99. The summed E-state index contributed by atoms with van der Waals surface area (Å²) in [7, 11) is 0. The highest BCUT2D eigenvalue weighted by Crippen LogP contribution is 2.15. The zero-order valence-electron chi connectivity index (χ0n) is 10.7. The summed E-state index contributed by atoms with van der Waals surface area (Å²) in [6, 6.07) is 7.23. The van der Waals surface area contributed by atoms with Crippen molar-refractivity contribution in [3.05, 3.63) is 57.3 Å². The van der Waals surface area contributed by atoms with Crippen molar-refractivity contribution in [2.24, 2.45) is 0 Å². The number of carbonyl (C=O) groups is 1. The first-order valence-corrected chi connectivity index (χ1v) is 5.76. The van der Waals surface area contributed by atoms with Crippen molar-refractivity contribution in [2.75, 3.05) is 0 Å². The second-order valence-corrected chi connectivity index (χ2v) is 4.33. The molecule has 19 heavy (non-hydrogen) atoms. The van der Waals surface area contributed by atoms with Crippen molar-refractivity contribution in [3.8, 4) is 0 Å². The quantitative estimate of drug-likeness (QED) is 0.479. The highest BCUT2D eigenvalue weighted by molar-refractivity contribution is 5.97. The lowest BCUT2D eigenvalue weighted by Gasteiger charge is -2.02. The monoisotopic (exact) mass is 259 g/mol. The maximum Gasteiger partial charge on any atom is 0.392 e. The minimum absolute atomic E-state index is 0.000463. The number of ketones is 1. The van der Waals surface area contributed by atoms with Gasteiger partial charge in [0.05, 0.1) is 16.9 Å². The lowest BCUT2D eigenvalue weighted by Crippen LogP contribution is -2.12.